The smallest absolute Gasteiger partial charge is 0.225 e. The van der Waals surface area contributed by atoms with Crippen molar-refractivity contribution in [1.29, 1.82) is 0 Å². The maximum Gasteiger partial charge on any atom is 0.225 e. The van der Waals surface area contributed by atoms with E-state index in [-0.39, 0.29) is 29.9 Å². The Bertz CT molecular complexity index is 424. The Morgan fingerprint density at radius 1 is 1.33 bits per heavy atom. The van der Waals surface area contributed by atoms with Crippen molar-refractivity contribution in [2.75, 3.05) is 18.0 Å². The first kappa shape index (κ1) is 14.9. The SMILES string of the molecule is Cc1cc(CN=C(N)N)nc(N2CCCC2)n1.I. The molecule has 0 radical (unpaired) electrons. The molecule has 0 aromatic carbocycles. The molecule has 1 aromatic rings. The van der Waals surface area contributed by atoms with Gasteiger partial charge in [-0.1, -0.05) is 0 Å². The fourth-order valence-electron chi connectivity index (χ4n) is 1.93. The summed E-state index contributed by atoms with van der Waals surface area (Å²) in [6, 6.07) is 1.91. The number of rotatable bonds is 3. The molecule has 0 bridgehead atoms. The van der Waals surface area contributed by atoms with Crippen LogP contribution in [0.2, 0.25) is 0 Å². The van der Waals surface area contributed by atoms with Crippen molar-refractivity contribution in [1.82, 2.24) is 9.97 Å². The second-order valence-corrected chi connectivity index (χ2v) is 4.24. The third-order valence-corrected chi connectivity index (χ3v) is 2.71. The van der Waals surface area contributed by atoms with Crippen molar-refractivity contribution in [3.05, 3.63) is 17.5 Å². The molecule has 2 heterocycles. The van der Waals surface area contributed by atoms with Crippen molar-refractivity contribution in [3.63, 3.8) is 0 Å². The van der Waals surface area contributed by atoms with E-state index in [1.165, 1.54) is 12.8 Å². The van der Waals surface area contributed by atoms with E-state index >= 15 is 0 Å². The van der Waals surface area contributed by atoms with Crippen LogP contribution in [0.1, 0.15) is 24.2 Å². The topological polar surface area (TPSA) is 93.4 Å². The van der Waals surface area contributed by atoms with Gasteiger partial charge in [-0.3, -0.25) is 0 Å². The van der Waals surface area contributed by atoms with E-state index in [2.05, 4.69) is 19.9 Å². The number of hydrogen-bond donors (Lipinski definition) is 2. The van der Waals surface area contributed by atoms with Gasteiger partial charge in [0.15, 0.2) is 5.96 Å². The van der Waals surface area contributed by atoms with Gasteiger partial charge in [0.2, 0.25) is 5.95 Å². The highest BCUT2D eigenvalue weighted by Crippen LogP contribution is 2.16. The van der Waals surface area contributed by atoms with Gasteiger partial charge in [0.05, 0.1) is 12.2 Å². The number of hydrogen-bond acceptors (Lipinski definition) is 4. The van der Waals surface area contributed by atoms with E-state index in [1.54, 1.807) is 0 Å². The van der Waals surface area contributed by atoms with E-state index in [4.69, 9.17) is 11.5 Å². The van der Waals surface area contributed by atoms with E-state index in [9.17, 15) is 0 Å². The van der Waals surface area contributed by atoms with Crippen LogP contribution >= 0.6 is 24.0 Å². The monoisotopic (exact) mass is 362 g/mol. The van der Waals surface area contributed by atoms with Crippen LogP contribution in [0.5, 0.6) is 0 Å². The lowest BCUT2D eigenvalue weighted by molar-refractivity contribution is 0.857. The average molecular weight is 362 g/mol. The van der Waals surface area contributed by atoms with E-state index < -0.39 is 0 Å². The first-order chi connectivity index (χ1) is 8.15. The normalized spacial score (nSPS) is 14.2. The van der Waals surface area contributed by atoms with Gasteiger partial charge in [-0.25, -0.2) is 15.0 Å². The molecule has 7 heteroatoms. The predicted molar refractivity (Wildman–Crippen MR) is 83.1 cm³/mol. The number of guanidine groups is 1. The highest BCUT2D eigenvalue weighted by Gasteiger charge is 2.15. The van der Waals surface area contributed by atoms with Gasteiger partial charge in [-0.15, -0.1) is 24.0 Å². The van der Waals surface area contributed by atoms with Crippen molar-refractivity contribution >= 4 is 35.9 Å². The lowest BCUT2D eigenvalue weighted by Crippen LogP contribution is -2.23. The minimum atomic E-state index is 0. The fraction of sp³-hybridized carbons (Fsp3) is 0.545. The Morgan fingerprint density at radius 2 is 2.00 bits per heavy atom. The Kier molecular flexibility index (Phi) is 5.57. The van der Waals surface area contributed by atoms with Gasteiger partial charge in [0, 0.05) is 18.8 Å². The first-order valence-corrected chi connectivity index (χ1v) is 5.80. The Morgan fingerprint density at radius 3 is 2.61 bits per heavy atom. The van der Waals surface area contributed by atoms with Gasteiger partial charge in [0.1, 0.15) is 0 Å². The summed E-state index contributed by atoms with van der Waals surface area (Å²) in [6.07, 6.45) is 2.42. The summed E-state index contributed by atoms with van der Waals surface area (Å²) in [7, 11) is 0. The lowest BCUT2D eigenvalue weighted by atomic mass is 10.3. The molecule has 1 fully saturated rings. The minimum Gasteiger partial charge on any atom is -0.370 e. The third kappa shape index (κ3) is 3.97. The average Bonchev–Trinajstić information content (AvgIpc) is 2.79. The molecule has 6 nitrogen and oxygen atoms in total. The Labute approximate surface area is 124 Å². The molecule has 0 spiro atoms. The quantitative estimate of drug-likeness (QED) is 0.471. The molecule has 100 valence electrons. The maximum atomic E-state index is 5.31. The van der Waals surface area contributed by atoms with Gasteiger partial charge < -0.3 is 16.4 Å². The molecular formula is C11H19IN6. The Balaban J connectivity index is 0.00000162. The highest BCUT2D eigenvalue weighted by molar-refractivity contribution is 14.0. The zero-order valence-electron chi connectivity index (χ0n) is 10.5. The summed E-state index contributed by atoms with van der Waals surface area (Å²) in [6.45, 7) is 4.43. The summed E-state index contributed by atoms with van der Waals surface area (Å²) in [4.78, 5) is 15.1. The van der Waals surface area contributed by atoms with Gasteiger partial charge in [0.25, 0.3) is 0 Å². The molecule has 1 aliphatic heterocycles. The van der Waals surface area contributed by atoms with Crippen LogP contribution < -0.4 is 16.4 Å². The molecular weight excluding hydrogens is 343 g/mol. The van der Waals surface area contributed by atoms with Crippen LogP contribution in [0.25, 0.3) is 0 Å². The molecule has 18 heavy (non-hydrogen) atoms. The predicted octanol–water partition coefficient (Wildman–Crippen LogP) is 0.777. The number of aryl methyl sites for hydroxylation is 1. The summed E-state index contributed by atoms with van der Waals surface area (Å²) in [5, 5.41) is 0. The second kappa shape index (κ2) is 6.72. The summed E-state index contributed by atoms with van der Waals surface area (Å²) < 4.78 is 0. The molecule has 0 atom stereocenters. The van der Waals surface area contributed by atoms with Crippen LogP contribution in [0, 0.1) is 6.92 Å². The first-order valence-electron chi connectivity index (χ1n) is 5.80. The second-order valence-electron chi connectivity index (χ2n) is 4.24. The van der Waals surface area contributed by atoms with Crippen LogP contribution in [-0.2, 0) is 6.54 Å². The molecule has 0 saturated carbocycles. The van der Waals surface area contributed by atoms with Crippen molar-refractivity contribution in [2.45, 2.75) is 26.3 Å². The summed E-state index contributed by atoms with van der Waals surface area (Å²) in [5.41, 5.74) is 12.4. The largest absolute Gasteiger partial charge is 0.370 e. The number of nitrogens with two attached hydrogens (primary N) is 2. The van der Waals surface area contributed by atoms with Gasteiger partial charge in [-0.2, -0.15) is 0 Å². The van der Waals surface area contributed by atoms with Crippen LogP contribution in [-0.4, -0.2) is 29.0 Å². The number of halogens is 1. The number of aliphatic imine (C=N–C) groups is 1. The zero-order chi connectivity index (χ0) is 12.3. The minimum absolute atomic E-state index is 0. The van der Waals surface area contributed by atoms with Crippen LogP contribution in [0.4, 0.5) is 5.95 Å². The number of nitrogens with zero attached hydrogens (tertiary/aromatic N) is 4. The van der Waals surface area contributed by atoms with Crippen LogP contribution in [0.3, 0.4) is 0 Å². The molecule has 0 aliphatic carbocycles. The summed E-state index contributed by atoms with van der Waals surface area (Å²) >= 11 is 0. The molecule has 1 aromatic heterocycles. The molecule has 4 N–H and O–H groups in total. The van der Waals surface area contributed by atoms with Crippen molar-refractivity contribution in [2.24, 2.45) is 16.5 Å². The summed E-state index contributed by atoms with van der Waals surface area (Å²) in [5.74, 6) is 0.882. The van der Waals surface area contributed by atoms with E-state index in [1.807, 2.05) is 13.0 Å². The van der Waals surface area contributed by atoms with Gasteiger partial charge in [-0.05, 0) is 25.8 Å². The molecule has 1 aliphatic rings. The lowest BCUT2D eigenvalue weighted by Gasteiger charge is -2.16. The maximum absolute atomic E-state index is 5.31. The number of aromatic nitrogens is 2. The molecule has 0 amide bonds. The van der Waals surface area contributed by atoms with Gasteiger partial charge >= 0.3 is 0 Å². The number of anilines is 1. The third-order valence-electron chi connectivity index (χ3n) is 2.71. The molecule has 0 unspecified atom stereocenters. The fourth-order valence-corrected chi connectivity index (χ4v) is 1.93. The van der Waals surface area contributed by atoms with Crippen molar-refractivity contribution in [3.8, 4) is 0 Å². The standard InChI is InChI=1S/C11H18N6.HI/c1-8-6-9(7-14-10(12)13)16-11(15-8)17-4-2-3-5-17;/h6H,2-5,7H2,1H3,(H4,12,13,14);1H. The van der Waals surface area contributed by atoms with E-state index in [0.29, 0.717) is 6.54 Å². The zero-order valence-corrected chi connectivity index (χ0v) is 12.8. The Hall–Kier alpha value is -1.12. The van der Waals surface area contributed by atoms with Crippen LogP contribution in [0.15, 0.2) is 11.1 Å². The van der Waals surface area contributed by atoms with Crippen molar-refractivity contribution < 1.29 is 0 Å². The highest BCUT2D eigenvalue weighted by atomic mass is 127. The van der Waals surface area contributed by atoms with E-state index in [0.717, 1.165) is 30.4 Å². The molecule has 1 saturated heterocycles. The molecule has 2 rings (SSSR count).